The summed E-state index contributed by atoms with van der Waals surface area (Å²) < 4.78 is 29.8. The van der Waals surface area contributed by atoms with Crippen molar-refractivity contribution < 1.29 is 8.78 Å². The van der Waals surface area contributed by atoms with Crippen molar-refractivity contribution in [3.63, 3.8) is 0 Å². The third-order valence-electron chi connectivity index (χ3n) is 6.89. The van der Waals surface area contributed by atoms with Gasteiger partial charge in [-0.25, -0.2) is 8.78 Å². The number of hydrogen-bond donors (Lipinski definition) is 0. The van der Waals surface area contributed by atoms with Crippen molar-refractivity contribution in [3.05, 3.63) is 71.3 Å². The number of rotatable bonds is 9. The van der Waals surface area contributed by atoms with Crippen molar-refractivity contribution in [3.8, 4) is 6.07 Å². The highest BCUT2D eigenvalue weighted by Gasteiger charge is 2.44. The molecule has 0 saturated heterocycles. The van der Waals surface area contributed by atoms with E-state index in [2.05, 4.69) is 36.9 Å². The van der Waals surface area contributed by atoms with Gasteiger partial charge in [-0.15, -0.1) is 0 Å². The lowest BCUT2D eigenvalue weighted by atomic mass is 9.63. The fourth-order valence-electron chi connectivity index (χ4n) is 5.15. The maximum absolute atomic E-state index is 14.9. The first kappa shape index (κ1) is 23.4. The Morgan fingerprint density at radius 2 is 1.65 bits per heavy atom. The smallest absolute Gasteiger partial charge is 0.130 e. The normalized spacial score (nSPS) is 16.9. The fourth-order valence-corrected chi connectivity index (χ4v) is 5.15. The predicted molar refractivity (Wildman–Crippen MR) is 121 cm³/mol. The van der Waals surface area contributed by atoms with E-state index in [1.807, 2.05) is 18.2 Å². The average Bonchev–Trinajstić information content (AvgIpc) is 2.78. The molecule has 2 aromatic rings. The molecule has 0 aromatic heterocycles. The Morgan fingerprint density at radius 3 is 2.23 bits per heavy atom. The Balaban J connectivity index is 1.82. The minimum Gasteiger partial charge on any atom is -0.297 e. The number of benzene rings is 2. The largest absolute Gasteiger partial charge is 0.297 e. The highest BCUT2D eigenvalue weighted by Crippen LogP contribution is 2.45. The number of nitriles is 1. The molecular weight excluding hydrogens is 390 g/mol. The molecule has 3 rings (SSSR count). The van der Waals surface area contributed by atoms with Gasteiger partial charge >= 0.3 is 0 Å². The number of hydrogen-bond acceptors (Lipinski definition) is 2. The van der Waals surface area contributed by atoms with E-state index < -0.39 is 17.0 Å². The van der Waals surface area contributed by atoms with E-state index >= 15 is 0 Å². The van der Waals surface area contributed by atoms with E-state index in [0.29, 0.717) is 12.5 Å². The van der Waals surface area contributed by atoms with Crippen molar-refractivity contribution in [2.45, 2.75) is 76.8 Å². The van der Waals surface area contributed by atoms with Gasteiger partial charge in [0.15, 0.2) is 0 Å². The van der Waals surface area contributed by atoms with E-state index in [-0.39, 0.29) is 11.5 Å². The van der Waals surface area contributed by atoms with Gasteiger partial charge < -0.3 is 0 Å². The maximum atomic E-state index is 14.9. The Bertz CT molecular complexity index is 848. The van der Waals surface area contributed by atoms with Crippen LogP contribution in [0.1, 0.15) is 69.9 Å². The van der Waals surface area contributed by atoms with Gasteiger partial charge in [0.25, 0.3) is 0 Å². The molecule has 2 nitrogen and oxygen atoms in total. The van der Waals surface area contributed by atoms with E-state index in [0.717, 1.165) is 51.6 Å². The summed E-state index contributed by atoms with van der Waals surface area (Å²) >= 11 is 0. The zero-order chi connectivity index (χ0) is 22.3. The average molecular weight is 425 g/mol. The van der Waals surface area contributed by atoms with Crippen LogP contribution in [0, 0.1) is 28.9 Å². The fraction of sp³-hybridized carbons (Fsp3) is 0.519. The van der Waals surface area contributed by atoms with Gasteiger partial charge in [0.05, 0.1) is 11.5 Å². The molecule has 2 aromatic carbocycles. The molecule has 1 fully saturated rings. The molecule has 0 amide bonds. The Morgan fingerprint density at radius 1 is 1.00 bits per heavy atom. The summed E-state index contributed by atoms with van der Waals surface area (Å²) in [6, 6.07) is 17.1. The lowest BCUT2D eigenvalue weighted by molar-refractivity contribution is 0.183. The molecule has 1 saturated carbocycles. The van der Waals surface area contributed by atoms with Crippen LogP contribution < -0.4 is 0 Å². The van der Waals surface area contributed by atoms with Crippen LogP contribution in [0.3, 0.4) is 0 Å². The maximum Gasteiger partial charge on any atom is 0.130 e. The topological polar surface area (TPSA) is 27.0 Å². The second-order valence-electron chi connectivity index (χ2n) is 9.17. The lowest BCUT2D eigenvalue weighted by Crippen LogP contribution is -2.39. The van der Waals surface area contributed by atoms with Crippen molar-refractivity contribution in [1.82, 2.24) is 4.90 Å². The van der Waals surface area contributed by atoms with Crippen LogP contribution in [0.5, 0.6) is 0 Å². The van der Waals surface area contributed by atoms with Gasteiger partial charge in [0.1, 0.15) is 11.6 Å². The van der Waals surface area contributed by atoms with Crippen LogP contribution in [0.4, 0.5) is 8.78 Å². The minimum atomic E-state index is -1.11. The summed E-state index contributed by atoms with van der Waals surface area (Å²) in [7, 11) is 0. The van der Waals surface area contributed by atoms with Gasteiger partial charge in [-0.3, -0.25) is 4.90 Å². The van der Waals surface area contributed by atoms with Crippen molar-refractivity contribution in [2.75, 3.05) is 6.54 Å². The summed E-state index contributed by atoms with van der Waals surface area (Å²) in [5.74, 6) is -1.17. The Kier molecular flexibility index (Phi) is 8.21. The van der Waals surface area contributed by atoms with E-state index in [4.69, 9.17) is 0 Å². The monoisotopic (exact) mass is 424 g/mol. The second kappa shape index (κ2) is 10.9. The molecule has 1 atom stereocenters. The summed E-state index contributed by atoms with van der Waals surface area (Å²) in [6.45, 7) is 5.95. The standard InChI is InChI=1S/C27H34F2N2/c1-21(2)31(19-22-11-5-3-6-12-22)18-10-17-27(20-30,23-13-7-4-8-14-23)26-24(28)15-9-16-25(26)29/h3,5-6,9,11-12,15-16,21,23H,4,7-8,10,13-14,17-19H2,1-2H3. The van der Waals surface area contributed by atoms with Crippen LogP contribution in [-0.2, 0) is 12.0 Å². The molecule has 0 heterocycles. The third-order valence-corrected chi connectivity index (χ3v) is 6.89. The number of halogens is 2. The van der Waals surface area contributed by atoms with Gasteiger partial charge in [0, 0.05) is 18.2 Å². The molecule has 1 aliphatic rings. The summed E-state index contributed by atoms with van der Waals surface area (Å²) in [5.41, 5.74) is 0.129. The van der Waals surface area contributed by atoms with Crippen molar-refractivity contribution in [1.29, 1.82) is 5.26 Å². The van der Waals surface area contributed by atoms with Crippen LogP contribution >= 0.6 is 0 Å². The third kappa shape index (κ3) is 5.52. The zero-order valence-electron chi connectivity index (χ0n) is 18.8. The van der Waals surface area contributed by atoms with Gasteiger partial charge in [0.2, 0.25) is 0 Å². The zero-order valence-corrected chi connectivity index (χ0v) is 18.8. The van der Waals surface area contributed by atoms with Crippen LogP contribution in [0.2, 0.25) is 0 Å². The molecule has 166 valence electrons. The molecule has 1 unspecified atom stereocenters. The second-order valence-corrected chi connectivity index (χ2v) is 9.17. The van der Waals surface area contributed by atoms with Gasteiger partial charge in [-0.1, -0.05) is 55.7 Å². The summed E-state index contributed by atoms with van der Waals surface area (Å²) in [5, 5.41) is 10.3. The summed E-state index contributed by atoms with van der Waals surface area (Å²) in [6.07, 6.45) is 6.11. The van der Waals surface area contributed by atoms with Crippen molar-refractivity contribution >= 4 is 0 Å². The van der Waals surface area contributed by atoms with Crippen LogP contribution in [-0.4, -0.2) is 17.5 Å². The SMILES string of the molecule is CC(C)N(CCCC(C#N)(c1c(F)cccc1F)C1CCCCC1)Cc1ccccc1. The molecule has 31 heavy (non-hydrogen) atoms. The Labute approximate surface area is 185 Å². The van der Waals surface area contributed by atoms with E-state index in [1.54, 1.807) is 0 Å². The molecular formula is C27H34F2N2. The molecule has 4 heteroatoms. The highest BCUT2D eigenvalue weighted by atomic mass is 19.1. The quantitative estimate of drug-likeness (QED) is 0.433. The van der Waals surface area contributed by atoms with Crippen LogP contribution in [0.15, 0.2) is 48.5 Å². The van der Waals surface area contributed by atoms with Crippen LogP contribution in [0.25, 0.3) is 0 Å². The molecule has 1 aliphatic carbocycles. The molecule has 0 aliphatic heterocycles. The van der Waals surface area contributed by atoms with E-state index in [1.165, 1.54) is 23.8 Å². The molecule has 0 bridgehead atoms. The van der Waals surface area contributed by atoms with Gasteiger partial charge in [-0.2, -0.15) is 5.26 Å². The highest BCUT2D eigenvalue weighted by molar-refractivity contribution is 5.36. The molecule has 0 radical (unpaired) electrons. The molecule has 0 N–H and O–H groups in total. The summed E-state index contributed by atoms with van der Waals surface area (Å²) in [4.78, 5) is 2.37. The first-order chi connectivity index (χ1) is 15.0. The van der Waals surface area contributed by atoms with Gasteiger partial charge in [-0.05, 0) is 69.7 Å². The van der Waals surface area contributed by atoms with E-state index in [9.17, 15) is 14.0 Å². The lowest BCUT2D eigenvalue weighted by Gasteiger charge is -2.39. The first-order valence-corrected chi connectivity index (χ1v) is 11.6. The first-order valence-electron chi connectivity index (χ1n) is 11.6. The minimum absolute atomic E-state index is 0.000673. The Hall–Kier alpha value is -2.25. The van der Waals surface area contributed by atoms with Crippen molar-refractivity contribution in [2.24, 2.45) is 5.92 Å². The molecule has 0 spiro atoms. The number of nitrogens with zero attached hydrogens (tertiary/aromatic N) is 2. The predicted octanol–water partition coefficient (Wildman–Crippen LogP) is 7.00.